The molecule has 2 rings (SSSR count). The van der Waals surface area contributed by atoms with Gasteiger partial charge in [-0.2, -0.15) is 0 Å². The average Bonchev–Trinajstić information content (AvgIpc) is 2.47. The lowest BCUT2D eigenvalue weighted by molar-refractivity contribution is 0.0994. The van der Waals surface area contributed by atoms with Gasteiger partial charge in [0.15, 0.2) is 5.78 Å². The molecular formula is C9H9BO3. The number of hydrogen-bond donors (Lipinski definition) is 2. The predicted molar refractivity (Wildman–Crippen MR) is 48.9 cm³/mol. The van der Waals surface area contributed by atoms with Gasteiger partial charge in [0, 0.05) is 12.0 Å². The van der Waals surface area contributed by atoms with Crippen molar-refractivity contribution in [1.82, 2.24) is 0 Å². The molecule has 0 radical (unpaired) electrons. The van der Waals surface area contributed by atoms with E-state index in [9.17, 15) is 4.79 Å². The van der Waals surface area contributed by atoms with Gasteiger partial charge in [0.1, 0.15) is 0 Å². The molecule has 0 aromatic heterocycles. The number of rotatable bonds is 1. The average molecular weight is 176 g/mol. The Bertz CT molecular complexity index is 360. The molecule has 0 aliphatic heterocycles. The van der Waals surface area contributed by atoms with E-state index in [-0.39, 0.29) is 5.78 Å². The monoisotopic (exact) mass is 176 g/mol. The van der Waals surface area contributed by atoms with Crippen LogP contribution in [0.5, 0.6) is 0 Å². The van der Waals surface area contributed by atoms with E-state index in [0.717, 1.165) is 12.0 Å². The van der Waals surface area contributed by atoms with Gasteiger partial charge in [0.05, 0.1) is 0 Å². The van der Waals surface area contributed by atoms with Crippen molar-refractivity contribution in [3.63, 3.8) is 0 Å². The molecule has 0 spiro atoms. The summed E-state index contributed by atoms with van der Waals surface area (Å²) in [5.41, 5.74) is 2.04. The van der Waals surface area contributed by atoms with E-state index in [1.807, 2.05) is 0 Å². The van der Waals surface area contributed by atoms with Crippen LogP contribution in [-0.4, -0.2) is 22.9 Å². The molecule has 0 amide bonds. The number of benzene rings is 1. The van der Waals surface area contributed by atoms with Crippen molar-refractivity contribution >= 4 is 18.4 Å². The minimum atomic E-state index is -1.49. The highest BCUT2D eigenvalue weighted by atomic mass is 16.4. The molecule has 1 aromatic carbocycles. The van der Waals surface area contributed by atoms with Gasteiger partial charge in [0.2, 0.25) is 0 Å². The fourth-order valence-corrected chi connectivity index (χ4v) is 1.62. The highest BCUT2D eigenvalue weighted by Gasteiger charge is 2.21. The standard InChI is InChI=1S/C9H9BO3/c11-9-4-2-6-1-3-7(10(12)13)5-8(6)9/h1,3,5,12-13H,2,4H2. The van der Waals surface area contributed by atoms with Crippen LogP contribution in [0.25, 0.3) is 0 Å². The molecule has 3 nitrogen and oxygen atoms in total. The number of carbonyl (C=O) groups excluding carboxylic acids is 1. The zero-order valence-electron chi connectivity index (χ0n) is 7.03. The number of ketones is 1. The quantitative estimate of drug-likeness (QED) is 0.566. The summed E-state index contributed by atoms with van der Waals surface area (Å²) in [6.07, 6.45) is 1.32. The van der Waals surface area contributed by atoms with Crippen LogP contribution >= 0.6 is 0 Å². The van der Waals surface area contributed by atoms with Crippen LogP contribution in [0.4, 0.5) is 0 Å². The molecule has 13 heavy (non-hydrogen) atoms. The molecule has 0 saturated carbocycles. The molecule has 1 aliphatic carbocycles. The first-order valence-electron chi connectivity index (χ1n) is 4.20. The molecule has 0 bridgehead atoms. The van der Waals surface area contributed by atoms with Gasteiger partial charge in [-0.1, -0.05) is 18.2 Å². The lowest BCUT2D eigenvalue weighted by Crippen LogP contribution is -2.30. The van der Waals surface area contributed by atoms with Crippen molar-refractivity contribution in [3.05, 3.63) is 29.3 Å². The van der Waals surface area contributed by atoms with Crippen molar-refractivity contribution in [2.45, 2.75) is 12.8 Å². The zero-order chi connectivity index (χ0) is 9.42. The van der Waals surface area contributed by atoms with E-state index in [1.165, 1.54) is 0 Å². The van der Waals surface area contributed by atoms with E-state index in [0.29, 0.717) is 17.4 Å². The fraction of sp³-hybridized carbons (Fsp3) is 0.222. The molecule has 0 fully saturated rings. The summed E-state index contributed by atoms with van der Waals surface area (Å²) < 4.78 is 0. The van der Waals surface area contributed by atoms with E-state index in [2.05, 4.69) is 0 Å². The summed E-state index contributed by atoms with van der Waals surface area (Å²) >= 11 is 0. The molecule has 0 saturated heterocycles. The van der Waals surface area contributed by atoms with Crippen LogP contribution in [0.2, 0.25) is 0 Å². The summed E-state index contributed by atoms with van der Waals surface area (Å²) in [5, 5.41) is 17.8. The largest absolute Gasteiger partial charge is 0.488 e. The Kier molecular flexibility index (Phi) is 1.94. The van der Waals surface area contributed by atoms with Crippen LogP contribution in [-0.2, 0) is 6.42 Å². The molecule has 4 heteroatoms. The minimum Gasteiger partial charge on any atom is -0.423 e. The molecule has 0 heterocycles. The summed E-state index contributed by atoms with van der Waals surface area (Å²) in [6, 6.07) is 4.99. The lowest BCUT2D eigenvalue weighted by Gasteiger charge is -2.01. The SMILES string of the molecule is O=C1CCc2ccc(B(O)O)cc21. The molecule has 1 aliphatic rings. The Hall–Kier alpha value is -1.13. The van der Waals surface area contributed by atoms with Gasteiger partial charge in [-0.15, -0.1) is 0 Å². The third-order valence-corrected chi connectivity index (χ3v) is 2.35. The van der Waals surface area contributed by atoms with Crippen LogP contribution in [0.15, 0.2) is 18.2 Å². The number of hydrogen-bond acceptors (Lipinski definition) is 3. The lowest BCUT2D eigenvalue weighted by atomic mass is 9.79. The van der Waals surface area contributed by atoms with Crippen LogP contribution in [0.3, 0.4) is 0 Å². The van der Waals surface area contributed by atoms with Gasteiger partial charge < -0.3 is 10.0 Å². The Morgan fingerprint density at radius 2 is 2.00 bits per heavy atom. The highest BCUT2D eigenvalue weighted by Crippen LogP contribution is 2.20. The third-order valence-electron chi connectivity index (χ3n) is 2.35. The van der Waals surface area contributed by atoms with Crippen molar-refractivity contribution in [1.29, 1.82) is 0 Å². The van der Waals surface area contributed by atoms with E-state index in [4.69, 9.17) is 10.0 Å². The second-order valence-electron chi connectivity index (χ2n) is 3.21. The number of aryl methyl sites for hydroxylation is 1. The predicted octanol–water partition coefficient (Wildman–Crippen LogP) is -0.505. The fourth-order valence-electron chi connectivity index (χ4n) is 1.62. The number of fused-ring (bicyclic) bond motifs is 1. The topological polar surface area (TPSA) is 57.5 Å². The summed E-state index contributed by atoms with van der Waals surface area (Å²) in [4.78, 5) is 11.3. The number of Topliss-reactive ketones (excluding diaryl/α,β-unsaturated/α-hetero) is 1. The molecule has 66 valence electrons. The molecule has 2 N–H and O–H groups in total. The minimum absolute atomic E-state index is 0.0949. The Morgan fingerprint density at radius 1 is 1.23 bits per heavy atom. The normalized spacial score (nSPS) is 14.5. The Labute approximate surface area is 76.2 Å². The van der Waals surface area contributed by atoms with Crippen molar-refractivity contribution in [3.8, 4) is 0 Å². The molecule has 0 atom stereocenters. The van der Waals surface area contributed by atoms with Gasteiger partial charge in [-0.25, -0.2) is 0 Å². The maximum Gasteiger partial charge on any atom is 0.488 e. The van der Waals surface area contributed by atoms with Gasteiger partial charge in [0.25, 0.3) is 0 Å². The number of carbonyl (C=O) groups is 1. The molecule has 0 unspecified atom stereocenters. The Morgan fingerprint density at radius 3 is 2.69 bits per heavy atom. The van der Waals surface area contributed by atoms with E-state index < -0.39 is 7.12 Å². The second-order valence-corrected chi connectivity index (χ2v) is 3.21. The maximum atomic E-state index is 11.3. The van der Waals surface area contributed by atoms with Gasteiger partial charge in [-0.3, -0.25) is 4.79 Å². The van der Waals surface area contributed by atoms with Gasteiger partial charge >= 0.3 is 7.12 Å². The maximum absolute atomic E-state index is 11.3. The summed E-state index contributed by atoms with van der Waals surface area (Å²) in [6.45, 7) is 0. The third kappa shape index (κ3) is 1.38. The zero-order valence-corrected chi connectivity index (χ0v) is 7.03. The smallest absolute Gasteiger partial charge is 0.423 e. The van der Waals surface area contributed by atoms with Crippen LogP contribution < -0.4 is 5.46 Å². The first kappa shape index (κ1) is 8.47. The van der Waals surface area contributed by atoms with Crippen molar-refractivity contribution < 1.29 is 14.8 Å². The highest BCUT2D eigenvalue weighted by molar-refractivity contribution is 6.58. The van der Waals surface area contributed by atoms with Crippen molar-refractivity contribution in [2.24, 2.45) is 0 Å². The molecular weight excluding hydrogens is 167 g/mol. The first-order chi connectivity index (χ1) is 6.18. The van der Waals surface area contributed by atoms with Crippen LogP contribution in [0, 0.1) is 0 Å². The molecule has 1 aromatic rings. The Balaban J connectivity index is 2.48. The van der Waals surface area contributed by atoms with Gasteiger partial charge in [-0.05, 0) is 17.4 Å². The van der Waals surface area contributed by atoms with E-state index in [1.54, 1.807) is 18.2 Å². The van der Waals surface area contributed by atoms with E-state index >= 15 is 0 Å². The second kappa shape index (κ2) is 2.98. The summed E-state index contributed by atoms with van der Waals surface area (Å²) in [5.74, 6) is 0.0949. The first-order valence-corrected chi connectivity index (χ1v) is 4.20. The van der Waals surface area contributed by atoms with Crippen LogP contribution in [0.1, 0.15) is 22.3 Å². The van der Waals surface area contributed by atoms with Crippen molar-refractivity contribution in [2.75, 3.05) is 0 Å². The summed E-state index contributed by atoms with van der Waals surface area (Å²) in [7, 11) is -1.49.